The molecule has 0 spiro atoms. The lowest BCUT2D eigenvalue weighted by molar-refractivity contribution is 0.306. The van der Waals surface area contributed by atoms with Crippen molar-refractivity contribution in [2.75, 3.05) is 0 Å². The summed E-state index contributed by atoms with van der Waals surface area (Å²) in [6.45, 7) is 2.56. The minimum absolute atomic E-state index is 0.503. The van der Waals surface area contributed by atoms with Gasteiger partial charge in [0.05, 0.1) is 0 Å². The van der Waals surface area contributed by atoms with Gasteiger partial charge in [0.25, 0.3) is 0 Å². The average molecular weight is 233 g/mol. The third kappa shape index (κ3) is 2.77. The molecule has 0 saturated carbocycles. The van der Waals surface area contributed by atoms with Crippen LogP contribution in [0.5, 0.6) is 5.75 Å². The minimum Gasteiger partial charge on any atom is -0.489 e. The van der Waals surface area contributed by atoms with Crippen LogP contribution in [0.4, 0.5) is 0 Å². The number of ether oxygens (including phenoxy) is 1. The maximum absolute atomic E-state index is 6.04. The van der Waals surface area contributed by atoms with Crippen LogP contribution in [0.3, 0.4) is 0 Å². The minimum atomic E-state index is 0.503. The Kier molecular flexibility index (Phi) is 3.47. The SMILES string of the molecule is Cc1ccc(OCc2ccccc2Cl)cc1. The van der Waals surface area contributed by atoms with Crippen molar-refractivity contribution in [3.63, 3.8) is 0 Å². The largest absolute Gasteiger partial charge is 0.489 e. The normalized spacial score (nSPS) is 10.1. The third-order valence-electron chi connectivity index (χ3n) is 2.37. The van der Waals surface area contributed by atoms with Gasteiger partial charge in [-0.2, -0.15) is 0 Å². The summed E-state index contributed by atoms with van der Waals surface area (Å²) in [4.78, 5) is 0. The van der Waals surface area contributed by atoms with E-state index in [1.807, 2.05) is 48.5 Å². The van der Waals surface area contributed by atoms with Crippen LogP contribution in [0, 0.1) is 6.92 Å². The van der Waals surface area contributed by atoms with Gasteiger partial charge >= 0.3 is 0 Å². The standard InChI is InChI=1S/C14H13ClO/c1-11-6-8-13(9-7-11)16-10-12-4-2-3-5-14(12)15/h2-9H,10H2,1H3. The molecule has 0 aliphatic heterocycles. The first-order valence-electron chi connectivity index (χ1n) is 5.18. The summed E-state index contributed by atoms with van der Waals surface area (Å²) in [7, 11) is 0. The predicted octanol–water partition coefficient (Wildman–Crippen LogP) is 4.23. The van der Waals surface area contributed by atoms with Gasteiger partial charge in [0.15, 0.2) is 0 Å². The topological polar surface area (TPSA) is 9.23 Å². The number of aryl methyl sites for hydroxylation is 1. The summed E-state index contributed by atoms with van der Waals surface area (Å²) >= 11 is 6.04. The molecule has 2 rings (SSSR count). The Morgan fingerprint density at radius 1 is 1.00 bits per heavy atom. The Morgan fingerprint density at radius 2 is 1.69 bits per heavy atom. The highest BCUT2D eigenvalue weighted by molar-refractivity contribution is 6.31. The molecule has 0 unspecified atom stereocenters. The number of hydrogen-bond donors (Lipinski definition) is 0. The van der Waals surface area contributed by atoms with Gasteiger partial charge in [0.2, 0.25) is 0 Å². The molecular formula is C14H13ClO. The molecule has 0 atom stereocenters. The molecule has 0 bridgehead atoms. The Balaban J connectivity index is 2.02. The van der Waals surface area contributed by atoms with Crippen molar-refractivity contribution in [3.8, 4) is 5.75 Å². The number of rotatable bonds is 3. The zero-order chi connectivity index (χ0) is 11.4. The van der Waals surface area contributed by atoms with Crippen LogP contribution in [-0.4, -0.2) is 0 Å². The lowest BCUT2D eigenvalue weighted by Crippen LogP contribution is -1.95. The second-order valence-corrected chi connectivity index (χ2v) is 4.10. The molecule has 2 aromatic carbocycles. The van der Waals surface area contributed by atoms with Gasteiger partial charge in [-0.1, -0.05) is 47.5 Å². The molecule has 2 heteroatoms. The van der Waals surface area contributed by atoms with E-state index in [2.05, 4.69) is 6.92 Å². The zero-order valence-corrected chi connectivity index (χ0v) is 9.87. The van der Waals surface area contributed by atoms with Gasteiger partial charge < -0.3 is 4.74 Å². The summed E-state index contributed by atoms with van der Waals surface area (Å²) in [6.07, 6.45) is 0. The van der Waals surface area contributed by atoms with Gasteiger partial charge in [-0.25, -0.2) is 0 Å². The monoisotopic (exact) mass is 232 g/mol. The van der Waals surface area contributed by atoms with Gasteiger partial charge in [-0.15, -0.1) is 0 Å². The first-order valence-corrected chi connectivity index (χ1v) is 5.56. The smallest absolute Gasteiger partial charge is 0.119 e. The van der Waals surface area contributed by atoms with Crippen molar-refractivity contribution in [1.29, 1.82) is 0 Å². The summed E-state index contributed by atoms with van der Waals surface area (Å²) in [6, 6.07) is 15.7. The molecule has 0 saturated heterocycles. The highest BCUT2D eigenvalue weighted by atomic mass is 35.5. The van der Waals surface area contributed by atoms with Crippen LogP contribution < -0.4 is 4.74 Å². The maximum Gasteiger partial charge on any atom is 0.119 e. The fourth-order valence-electron chi connectivity index (χ4n) is 1.41. The van der Waals surface area contributed by atoms with Crippen molar-refractivity contribution in [3.05, 3.63) is 64.7 Å². The molecule has 0 fully saturated rings. The first kappa shape index (κ1) is 11.0. The maximum atomic E-state index is 6.04. The van der Waals surface area contributed by atoms with Gasteiger partial charge in [0.1, 0.15) is 12.4 Å². The Hall–Kier alpha value is -1.47. The van der Waals surface area contributed by atoms with E-state index in [0.717, 1.165) is 16.3 Å². The molecule has 0 N–H and O–H groups in total. The molecule has 0 aromatic heterocycles. The second-order valence-electron chi connectivity index (χ2n) is 3.69. The quantitative estimate of drug-likeness (QED) is 0.770. The molecule has 1 nitrogen and oxygen atoms in total. The third-order valence-corrected chi connectivity index (χ3v) is 2.74. The fourth-order valence-corrected chi connectivity index (χ4v) is 1.60. The molecular weight excluding hydrogens is 220 g/mol. The summed E-state index contributed by atoms with van der Waals surface area (Å²) in [5.74, 6) is 0.866. The number of hydrogen-bond acceptors (Lipinski definition) is 1. The lowest BCUT2D eigenvalue weighted by atomic mass is 10.2. The van der Waals surface area contributed by atoms with E-state index in [4.69, 9.17) is 16.3 Å². The lowest BCUT2D eigenvalue weighted by Gasteiger charge is -2.07. The van der Waals surface area contributed by atoms with E-state index in [9.17, 15) is 0 Å². The zero-order valence-electron chi connectivity index (χ0n) is 9.11. The van der Waals surface area contributed by atoms with E-state index in [0.29, 0.717) is 6.61 Å². The molecule has 0 radical (unpaired) electrons. The molecule has 0 heterocycles. The highest BCUT2D eigenvalue weighted by Crippen LogP contribution is 2.18. The van der Waals surface area contributed by atoms with Crippen LogP contribution in [0.25, 0.3) is 0 Å². The van der Waals surface area contributed by atoms with Crippen molar-refractivity contribution in [2.24, 2.45) is 0 Å². The van der Waals surface area contributed by atoms with Crippen LogP contribution in [-0.2, 0) is 6.61 Å². The van der Waals surface area contributed by atoms with Crippen molar-refractivity contribution in [1.82, 2.24) is 0 Å². The predicted molar refractivity (Wildman–Crippen MR) is 67.0 cm³/mol. The number of halogens is 1. The van der Waals surface area contributed by atoms with Crippen LogP contribution in [0.1, 0.15) is 11.1 Å². The molecule has 82 valence electrons. The van der Waals surface area contributed by atoms with Crippen LogP contribution in [0.2, 0.25) is 5.02 Å². The van der Waals surface area contributed by atoms with E-state index in [-0.39, 0.29) is 0 Å². The second kappa shape index (κ2) is 5.04. The fraction of sp³-hybridized carbons (Fsp3) is 0.143. The average Bonchev–Trinajstić information content (AvgIpc) is 2.30. The van der Waals surface area contributed by atoms with E-state index >= 15 is 0 Å². The molecule has 0 aliphatic rings. The van der Waals surface area contributed by atoms with Gasteiger partial charge in [-0.05, 0) is 25.1 Å². The van der Waals surface area contributed by atoms with Crippen molar-refractivity contribution >= 4 is 11.6 Å². The molecule has 0 aliphatic carbocycles. The summed E-state index contributed by atoms with van der Waals surface area (Å²) < 4.78 is 5.64. The molecule has 0 amide bonds. The van der Waals surface area contributed by atoms with Gasteiger partial charge in [-0.3, -0.25) is 0 Å². The van der Waals surface area contributed by atoms with E-state index in [1.54, 1.807) is 0 Å². The van der Waals surface area contributed by atoms with E-state index < -0.39 is 0 Å². The molecule has 2 aromatic rings. The van der Waals surface area contributed by atoms with Gasteiger partial charge in [0, 0.05) is 10.6 Å². The first-order chi connectivity index (χ1) is 7.75. The Morgan fingerprint density at radius 3 is 2.38 bits per heavy atom. The van der Waals surface area contributed by atoms with Crippen LogP contribution in [0.15, 0.2) is 48.5 Å². The Bertz CT molecular complexity index is 462. The highest BCUT2D eigenvalue weighted by Gasteiger charge is 1.99. The number of benzene rings is 2. The van der Waals surface area contributed by atoms with Crippen molar-refractivity contribution in [2.45, 2.75) is 13.5 Å². The van der Waals surface area contributed by atoms with Crippen molar-refractivity contribution < 1.29 is 4.74 Å². The Labute approximate surface area is 101 Å². The van der Waals surface area contributed by atoms with E-state index in [1.165, 1.54) is 5.56 Å². The summed E-state index contributed by atoms with van der Waals surface area (Å²) in [5, 5.41) is 0.745. The summed E-state index contributed by atoms with van der Waals surface area (Å²) in [5.41, 5.74) is 2.23. The van der Waals surface area contributed by atoms with Crippen LogP contribution >= 0.6 is 11.6 Å². The molecule has 16 heavy (non-hydrogen) atoms.